The largest absolute Gasteiger partial charge is 0.131 e. The van der Waals surface area contributed by atoms with Gasteiger partial charge in [0.25, 0.3) is 0 Å². The monoisotopic (exact) mass is 902 g/mol. The van der Waals surface area contributed by atoms with E-state index in [4.69, 9.17) is 23.2 Å². The highest BCUT2D eigenvalue weighted by Crippen LogP contribution is 2.31. The van der Waals surface area contributed by atoms with Crippen LogP contribution in [0.25, 0.3) is 0 Å². The Balaban J connectivity index is 3.01. The second-order valence-corrected chi connectivity index (χ2v) is 37.4. The van der Waals surface area contributed by atoms with Crippen molar-refractivity contribution in [2.24, 2.45) is 0 Å². The molecule has 0 atom stereocenters. The summed E-state index contributed by atoms with van der Waals surface area (Å²) in [5.74, 6) is 20.3. The maximum Gasteiger partial charge on any atom is 0.131 e. The van der Waals surface area contributed by atoms with Crippen LogP contribution in [0.2, 0.25) is 63.5 Å². The summed E-state index contributed by atoms with van der Waals surface area (Å²) >= 11 is 14.8. The van der Waals surface area contributed by atoms with E-state index in [1.807, 2.05) is 24.3 Å². The standard InChI is InChI=1S/C54H72Cl2Si4/c1-15-23-29-45-39-46(30-24-16-2)42-49(41-45)59(19-5,20-6)53(35-37-57(9,10)11)51(55)33-27-28-34-52(56)54(36-38-58(12,13)14)60(21-7,22-8)50-43-47(31-25-17-3)40-48(44-50)32-26-18-4/h15-18,39-44H,1-4,19-26,29-32H2,5-14H3/b53-51+,54-52+. The molecule has 0 nitrogen and oxygen atoms in total. The molecule has 2 aromatic carbocycles. The van der Waals surface area contributed by atoms with Crippen molar-refractivity contribution in [2.45, 2.75) is 143 Å². The van der Waals surface area contributed by atoms with Gasteiger partial charge in [0.15, 0.2) is 0 Å². The molecule has 2 rings (SSSR count). The van der Waals surface area contributed by atoms with Gasteiger partial charge in [0.05, 0.1) is 10.1 Å². The molecular weight excluding hydrogens is 832 g/mol. The molecule has 0 N–H and O–H groups in total. The lowest BCUT2D eigenvalue weighted by atomic mass is 10.0. The van der Waals surface area contributed by atoms with E-state index in [1.165, 1.54) is 32.6 Å². The lowest BCUT2D eigenvalue weighted by Crippen LogP contribution is -2.49. The van der Waals surface area contributed by atoms with Crippen LogP contribution in [0.3, 0.4) is 0 Å². The minimum Gasteiger partial charge on any atom is -0.127 e. The van der Waals surface area contributed by atoms with Gasteiger partial charge >= 0.3 is 0 Å². The molecule has 318 valence electrons. The highest BCUT2D eigenvalue weighted by atomic mass is 35.5. The molecule has 6 heteroatoms. The van der Waals surface area contributed by atoms with Crippen LogP contribution in [0.5, 0.6) is 0 Å². The Hall–Kier alpha value is -3.43. The van der Waals surface area contributed by atoms with E-state index in [0.29, 0.717) is 10.1 Å². The SMILES string of the molecule is C=CCCc1cc(CCC=C)cc([Si](CC)(CC)/C(C#C[Si](C)(C)C)=C(/Cl)C#CC#C/C(Cl)=C(/C#C[Si](C)(C)C)[Si](CC)(CC)c2cc(CCC=C)cc(CCC=C)c2)c1. The van der Waals surface area contributed by atoms with Gasteiger partial charge in [-0.05, 0) is 97.3 Å². The number of hydrogen-bond acceptors (Lipinski definition) is 0. The molecule has 0 saturated carbocycles. The maximum atomic E-state index is 7.38. The predicted molar refractivity (Wildman–Crippen MR) is 283 cm³/mol. The van der Waals surface area contributed by atoms with E-state index in [2.05, 4.69) is 176 Å². The molecule has 60 heavy (non-hydrogen) atoms. The zero-order valence-corrected chi connectivity index (χ0v) is 44.4. The number of aryl methyl sites for hydroxylation is 4. The molecule has 0 spiro atoms. The molecule has 0 heterocycles. The summed E-state index contributed by atoms with van der Waals surface area (Å²) in [7, 11) is -8.40. The van der Waals surface area contributed by atoms with Crippen LogP contribution in [0.1, 0.15) is 75.6 Å². The fourth-order valence-corrected chi connectivity index (χ4v) is 18.2. The Bertz CT molecular complexity index is 1930. The zero-order valence-electron chi connectivity index (χ0n) is 38.8. The second-order valence-electron chi connectivity index (χ2n) is 17.8. The van der Waals surface area contributed by atoms with Crippen molar-refractivity contribution in [3.8, 4) is 46.6 Å². The molecular formula is C54H72Cl2Si4. The van der Waals surface area contributed by atoms with Crippen molar-refractivity contribution in [1.82, 2.24) is 0 Å². The Labute approximate surface area is 382 Å². The van der Waals surface area contributed by atoms with Crippen molar-refractivity contribution in [3.05, 3.63) is 130 Å². The molecule has 0 saturated heterocycles. The van der Waals surface area contributed by atoms with Gasteiger partial charge in [-0.15, -0.1) is 37.4 Å². The molecule has 0 aliphatic carbocycles. The van der Waals surface area contributed by atoms with E-state index in [1.54, 1.807) is 0 Å². The summed E-state index contributed by atoms with van der Waals surface area (Å²) in [5.41, 5.74) is 12.7. The van der Waals surface area contributed by atoms with Gasteiger partial charge in [-0.3, -0.25) is 0 Å². The highest BCUT2D eigenvalue weighted by molar-refractivity contribution is 7.00. The molecule has 0 bridgehead atoms. The summed E-state index contributed by atoms with van der Waals surface area (Å²) in [4.78, 5) is 0. The Morgan fingerprint density at radius 2 is 0.733 bits per heavy atom. The minimum atomic E-state index is -2.44. The average molecular weight is 904 g/mol. The van der Waals surface area contributed by atoms with Gasteiger partial charge in [-0.2, -0.15) is 0 Å². The number of rotatable bonds is 20. The molecule has 0 fully saturated rings. The van der Waals surface area contributed by atoms with Gasteiger partial charge in [0, 0.05) is 10.4 Å². The first kappa shape index (κ1) is 52.7. The third kappa shape index (κ3) is 15.8. The molecule has 0 aliphatic rings. The number of allylic oxidation sites excluding steroid dienone is 8. The number of benzene rings is 2. The van der Waals surface area contributed by atoms with Crippen LogP contribution in [0.15, 0.2) is 107 Å². The van der Waals surface area contributed by atoms with Gasteiger partial charge in [0.2, 0.25) is 0 Å². The third-order valence-corrected chi connectivity index (χ3v) is 24.0. The van der Waals surface area contributed by atoms with Crippen LogP contribution in [-0.2, 0) is 25.7 Å². The first-order chi connectivity index (χ1) is 28.4. The van der Waals surface area contributed by atoms with E-state index < -0.39 is 32.3 Å². The molecule has 0 aliphatic heterocycles. The van der Waals surface area contributed by atoms with Crippen LogP contribution in [0, 0.1) is 46.6 Å². The van der Waals surface area contributed by atoms with Crippen LogP contribution >= 0.6 is 23.2 Å². The molecule has 0 aromatic heterocycles. The Kier molecular flexibility index (Phi) is 22.4. The van der Waals surface area contributed by atoms with E-state index in [9.17, 15) is 0 Å². The van der Waals surface area contributed by atoms with Crippen LogP contribution in [0.4, 0.5) is 0 Å². The normalized spacial score (nSPS) is 12.4. The summed E-state index contributed by atoms with van der Waals surface area (Å²) in [6.07, 6.45) is 15.5. The van der Waals surface area contributed by atoms with E-state index >= 15 is 0 Å². The molecule has 2 aromatic rings. The fourth-order valence-electron chi connectivity index (χ4n) is 7.61. The quantitative estimate of drug-likeness (QED) is 0.0706. The second kappa shape index (κ2) is 25.5. The van der Waals surface area contributed by atoms with Crippen molar-refractivity contribution < 1.29 is 0 Å². The first-order valence-electron chi connectivity index (χ1n) is 22.0. The van der Waals surface area contributed by atoms with Crippen molar-refractivity contribution in [2.75, 3.05) is 0 Å². The third-order valence-electron chi connectivity index (χ3n) is 11.1. The van der Waals surface area contributed by atoms with Crippen LogP contribution in [-0.4, -0.2) is 32.3 Å². The maximum absolute atomic E-state index is 7.38. The fraction of sp³-hybridized carbons (Fsp3) is 0.407. The van der Waals surface area contributed by atoms with E-state index in [-0.39, 0.29) is 0 Å². The zero-order chi connectivity index (χ0) is 45.0. The smallest absolute Gasteiger partial charge is 0.127 e. The van der Waals surface area contributed by atoms with Crippen molar-refractivity contribution >= 4 is 65.9 Å². The Morgan fingerprint density at radius 3 is 0.950 bits per heavy atom. The first-order valence-corrected chi connectivity index (χ1v) is 34.6. The molecule has 0 amide bonds. The lowest BCUT2D eigenvalue weighted by Gasteiger charge is -2.32. The summed E-state index contributed by atoms with van der Waals surface area (Å²) in [6.45, 7) is 38.8. The number of halogens is 2. The van der Waals surface area contributed by atoms with E-state index in [0.717, 1.165) is 85.9 Å². The van der Waals surface area contributed by atoms with Gasteiger partial charge < -0.3 is 0 Å². The van der Waals surface area contributed by atoms with Crippen molar-refractivity contribution in [3.63, 3.8) is 0 Å². The topological polar surface area (TPSA) is 0 Å². The Morgan fingerprint density at radius 1 is 0.467 bits per heavy atom. The van der Waals surface area contributed by atoms with Gasteiger partial charge in [-0.25, -0.2) is 0 Å². The lowest BCUT2D eigenvalue weighted by molar-refractivity contribution is 0.970. The van der Waals surface area contributed by atoms with Crippen molar-refractivity contribution in [1.29, 1.82) is 0 Å². The molecule has 0 unspecified atom stereocenters. The minimum absolute atomic E-state index is 0.502. The van der Waals surface area contributed by atoms with Crippen LogP contribution < -0.4 is 10.4 Å². The predicted octanol–water partition coefficient (Wildman–Crippen LogP) is 14.1. The molecule has 0 radical (unpaired) electrons. The summed E-state index contributed by atoms with van der Waals surface area (Å²) < 4.78 is 0. The summed E-state index contributed by atoms with van der Waals surface area (Å²) in [6, 6.07) is 18.2. The van der Waals surface area contributed by atoms with Gasteiger partial charge in [-0.1, -0.05) is 197 Å². The van der Waals surface area contributed by atoms with Gasteiger partial charge in [0.1, 0.15) is 32.3 Å². The highest BCUT2D eigenvalue weighted by Gasteiger charge is 2.39. The summed E-state index contributed by atoms with van der Waals surface area (Å²) in [5, 5.41) is 5.77. The average Bonchev–Trinajstić information content (AvgIpc) is 3.21. The number of hydrogen-bond donors (Lipinski definition) is 0.